The number of anilines is 3. The number of carbonyl (C=O) groups is 2. The molecule has 0 saturated carbocycles. The molecule has 184 valence electrons. The summed E-state index contributed by atoms with van der Waals surface area (Å²) in [6.07, 6.45) is 5.71. The van der Waals surface area contributed by atoms with Crippen LogP contribution in [0.3, 0.4) is 0 Å². The lowest BCUT2D eigenvalue weighted by atomic mass is 9.89. The molecule has 1 aliphatic heterocycles. The second-order valence-electron chi connectivity index (χ2n) is 9.41. The predicted molar refractivity (Wildman–Crippen MR) is 143 cm³/mol. The molecule has 0 spiro atoms. The Morgan fingerprint density at radius 3 is 2.30 bits per heavy atom. The lowest BCUT2D eigenvalue weighted by Crippen LogP contribution is -2.29. The van der Waals surface area contributed by atoms with E-state index in [0.717, 1.165) is 37.1 Å². The first-order chi connectivity index (χ1) is 18.1. The molecule has 1 aliphatic carbocycles. The zero-order valence-corrected chi connectivity index (χ0v) is 20.2. The number of furan rings is 1. The Bertz CT molecular complexity index is 1490. The number of rotatable bonds is 5. The molecule has 6 rings (SSSR count). The number of aryl methyl sites for hydroxylation is 2. The minimum absolute atomic E-state index is 0.0298. The zero-order chi connectivity index (χ0) is 25.4. The summed E-state index contributed by atoms with van der Waals surface area (Å²) in [5.41, 5.74) is 5.34. The number of hydrogen-bond acceptors (Lipinski definition) is 5. The van der Waals surface area contributed by atoms with Crippen molar-refractivity contribution in [1.29, 1.82) is 0 Å². The molecule has 3 aromatic carbocycles. The number of Topliss-reactive ketones (excluding diaryl/α,β-unsaturated/α-hetero) is 1. The number of ketones is 1. The van der Waals surface area contributed by atoms with E-state index in [9.17, 15) is 14.7 Å². The normalized spacial score (nSPS) is 18.6. The summed E-state index contributed by atoms with van der Waals surface area (Å²) in [5.74, 6) is -1.21. The van der Waals surface area contributed by atoms with Gasteiger partial charge in [-0.05, 0) is 91.4 Å². The van der Waals surface area contributed by atoms with Crippen molar-refractivity contribution in [1.82, 2.24) is 0 Å². The van der Waals surface area contributed by atoms with Gasteiger partial charge in [0.2, 0.25) is 0 Å². The third-order valence-electron chi connectivity index (χ3n) is 7.09. The van der Waals surface area contributed by atoms with Crippen LogP contribution < -0.4 is 10.2 Å². The molecule has 2 aliphatic rings. The molecular weight excluding hydrogens is 464 g/mol. The van der Waals surface area contributed by atoms with E-state index in [2.05, 4.69) is 5.32 Å². The summed E-state index contributed by atoms with van der Waals surface area (Å²) < 4.78 is 5.67. The second kappa shape index (κ2) is 9.47. The predicted octanol–water partition coefficient (Wildman–Crippen LogP) is 6.53. The van der Waals surface area contributed by atoms with Crippen LogP contribution in [0, 0.1) is 0 Å². The zero-order valence-electron chi connectivity index (χ0n) is 20.2. The number of para-hydroxylation sites is 1. The number of aliphatic hydroxyl groups excluding tert-OH is 1. The largest absolute Gasteiger partial charge is 0.507 e. The summed E-state index contributed by atoms with van der Waals surface area (Å²) in [6.45, 7) is 0. The van der Waals surface area contributed by atoms with E-state index in [1.807, 2.05) is 60.7 Å². The van der Waals surface area contributed by atoms with Crippen LogP contribution >= 0.6 is 0 Å². The molecule has 0 radical (unpaired) electrons. The van der Waals surface area contributed by atoms with Gasteiger partial charge in [0.05, 0.1) is 11.8 Å². The number of nitrogens with one attached hydrogen (secondary N) is 1. The molecule has 1 amide bonds. The summed E-state index contributed by atoms with van der Waals surface area (Å²) in [4.78, 5) is 28.1. The van der Waals surface area contributed by atoms with E-state index >= 15 is 0 Å². The monoisotopic (exact) mass is 490 g/mol. The molecule has 1 saturated heterocycles. The fourth-order valence-electron chi connectivity index (χ4n) is 5.24. The topological polar surface area (TPSA) is 82.8 Å². The highest BCUT2D eigenvalue weighted by atomic mass is 16.3. The summed E-state index contributed by atoms with van der Waals surface area (Å²) >= 11 is 0. The summed E-state index contributed by atoms with van der Waals surface area (Å²) in [7, 11) is 0. The summed E-state index contributed by atoms with van der Waals surface area (Å²) in [5, 5.41) is 14.7. The van der Waals surface area contributed by atoms with E-state index < -0.39 is 17.7 Å². The van der Waals surface area contributed by atoms with Crippen molar-refractivity contribution in [3.8, 4) is 0 Å². The molecule has 0 bridgehead atoms. The Balaban J connectivity index is 1.39. The van der Waals surface area contributed by atoms with Crippen LogP contribution in [0.25, 0.3) is 5.76 Å². The Morgan fingerprint density at radius 1 is 0.838 bits per heavy atom. The Kier molecular flexibility index (Phi) is 5.85. The van der Waals surface area contributed by atoms with Gasteiger partial charge in [-0.15, -0.1) is 0 Å². The van der Waals surface area contributed by atoms with E-state index in [1.54, 1.807) is 24.3 Å². The molecule has 6 heteroatoms. The van der Waals surface area contributed by atoms with Gasteiger partial charge >= 0.3 is 0 Å². The molecule has 2 heterocycles. The molecule has 1 unspecified atom stereocenters. The summed E-state index contributed by atoms with van der Waals surface area (Å²) in [6, 6.07) is 25.4. The minimum atomic E-state index is -0.876. The van der Waals surface area contributed by atoms with Crippen molar-refractivity contribution < 1.29 is 19.1 Å². The van der Waals surface area contributed by atoms with Crippen molar-refractivity contribution >= 4 is 34.5 Å². The van der Waals surface area contributed by atoms with Gasteiger partial charge in [0.1, 0.15) is 17.6 Å². The second-order valence-corrected chi connectivity index (χ2v) is 9.41. The first kappa shape index (κ1) is 22.9. The minimum Gasteiger partial charge on any atom is -0.507 e. The first-order valence-corrected chi connectivity index (χ1v) is 12.5. The van der Waals surface area contributed by atoms with E-state index in [0.29, 0.717) is 17.0 Å². The van der Waals surface area contributed by atoms with Gasteiger partial charge in [0.25, 0.3) is 11.7 Å². The fourth-order valence-corrected chi connectivity index (χ4v) is 5.24. The standard InChI is InChI=1S/C31H26N2O4/c34-29(22-13-12-20-7-4-5-8-21(20)19-22)27-28(26-11-6-18-37-26)33(31(36)30(27)35)25-16-14-24(15-17-25)32-23-9-2-1-3-10-23/h1-3,6,9-19,28,32,34H,4-5,7-8H2/b29-27-. The molecule has 1 fully saturated rings. The SMILES string of the molecule is O=C1C(=O)N(c2ccc(Nc3ccccc3)cc2)C(c2ccco2)/C1=C(/O)c1ccc2c(c1)CCCC2. The van der Waals surface area contributed by atoms with Crippen LogP contribution in [0.4, 0.5) is 17.1 Å². The number of fused-ring (bicyclic) bond motifs is 1. The maximum Gasteiger partial charge on any atom is 0.300 e. The number of carbonyl (C=O) groups excluding carboxylic acids is 2. The molecule has 1 aromatic heterocycles. The van der Waals surface area contributed by atoms with Crippen molar-refractivity contribution in [2.24, 2.45) is 0 Å². The van der Waals surface area contributed by atoms with E-state index in [4.69, 9.17) is 4.42 Å². The van der Waals surface area contributed by atoms with Crippen LogP contribution in [0.2, 0.25) is 0 Å². The quantitative estimate of drug-likeness (QED) is 0.189. The number of benzene rings is 3. The lowest BCUT2D eigenvalue weighted by molar-refractivity contribution is -0.132. The van der Waals surface area contributed by atoms with E-state index in [1.165, 1.54) is 22.3 Å². The van der Waals surface area contributed by atoms with Crippen LogP contribution in [0.15, 0.2) is 101 Å². The molecular formula is C31H26N2O4. The highest BCUT2D eigenvalue weighted by molar-refractivity contribution is 6.51. The number of amides is 1. The Morgan fingerprint density at radius 2 is 1.57 bits per heavy atom. The highest BCUT2D eigenvalue weighted by Crippen LogP contribution is 2.43. The average molecular weight is 491 g/mol. The molecule has 4 aromatic rings. The maximum atomic E-state index is 13.3. The maximum absolute atomic E-state index is 13.3. The highest BCUT2D eigenvalue weighted by Gasteiger charge is 2.48. The van der Waals surface area contributed by atoms with Gasteiger partial charge in [0.15, 0.2) is 0 Å². The first-order valence-electron chi connectivity index (χ1n) is 12.5. The third kappa shape index (κ3) is 4.20. The lowest BCUT2D eigenvalue weighted by Gasteiger charge is -2.24. The molecule has 6 nitrogen and oxygen atoms in total. The Labute approximate surface area is 214 Å². The number of hydrogen-bond donors (Lipinski definition) is 2. The van der Waals surface area contributed by atoms with Gasteiger partial charge < -0.3 is 14.8 Å². The van der Waals surface area contributed by atoms with Gasteiger partial charge in [0, 0.05) is 22.6 Å². The van der Waals surface area contributed by atoms with Gasteiger partial charge in [-0.1, -0.05) is 30.3 Å². The van der Waals surface area contributed by atoms with Crippen LogP contribution in [-0.2, 0) is 22.4 Å². The Hall–Kier alpha value is -4.58. The van der Waals surface area contributed by atoms with Gasteiger partial charge in [-0.2, -0.15) is 0 Å². The molecule has 37 heavy (non-hydrogen) atoms. The number of nitrogens with zero attached hydrogens (tertiary/aromatic N) is 1. The molecule has 1 atom stereocenters. The fraction of sp³-hybridized carbons (Fsp3) is 0.161. The van der Waals surface area contributed by atoms with Gasteiger partial charge in [-0.3, -0.25) is 14.5 Å². The average Bonchev–Trinajstić information content (AvgIpc) is 3.56. The van der Waals surface area contributed by atoms with Crippen molar-refractivity contribution in [3.05, 3.63) is 119 Å². The number of aliphatic hydroxyl groups is 1. The van der Waals surface area contributed by atoms with E-state index in [-0.39, 0.29) is 11.3 Å². The van der Waals surface area contributed by atoms with Crippen LogP contribution in [-0.4, -0.2) is 16.8 Å². The smallest absolute Gasteiger partial charge is 0.300 e. The van der Waals surface area contributed by atoms with Crippen LogP contribution in [0.1, 0.15) is 41.3 Å². The van der Waals surface area contributed by atoms with Crippen molar-refractivity contribution in [2.45, 2.75) is 31.7 Å². The van der Waals surface area contributed by atoms with Crippen molar-refractivity contribution in [3.63, 3.8) is 0 Å². The van der Waals surface area contributed by atoms with Crippen molar-refractivity contribution in [2.75, 3.05) is 10.2 Å². The van der Waals surface area contributed by atoms with Gasteiger partial charge in [-0.25, -0.2) is 0 Å². The van der Waals surface area contributed by atoms with Crippen LogP contribution in [0.5, 0.6) is 0 Å². The molecule has 2 N–H and O–H groups in total. The third-order valence-corrected chi connectivity index (χ3v) is 7.09.